The Morgan fingerprint density at radius 2 is 1.96 bits per heavy atom. The molecular weight excluding hydrogens is 346 g/mol. The number of aliphatic imine (C=N–C) groups is 1. The van der Waals surface area contributed by atoms with E-state index < -0.39 is 5.60 Å². The topological polar surface area (TPSA) is 101 Å². The second-order valence-electron chi connectivity index (χ2n) is 5.97. The Kier molecular flexibility index (Phi) is 5.05. The molecule has 3 rings (SSSR count). The predicted octanol–water partition coefficient (Wildman–Crippen LogP) is 2.19. The summed E-state index contributed by atoms with van der Waals surface area (Å²) in [5.41, 5.74) is 11.8. The molecule has 0 spiro atoms. The number of guanidine groups is 1. The summed E-state index contributed by atoms with van der Waals surface area (Å²) in [4.78, 5) is 10.6. The molecule has 1 saturated heterocycles. The zero-order chi connectivity index (χ0) is 17.2. The summed E-state index contributed by atoms with van der Waals surface area (Å²) >= 11 is 7.34. The minimum atomic E-state index is -0.785. The summed E-state index contributed by atoms with van der Waals surface area (Å²) in [5, 5.41) is 14.1. The first-order valence-electron chi connectivity index (χ1n) is 7.69. The number of nitrogens with zero attached hydrogens (tertiary/aromatic N) is 3. The Hall–Kier alpha value is -1.67. The molecule has 5 N–H and O–H groups in total. The van der Waals surface area contributed by atoms with Crippen LogP contribution in [-0.2, 0) is 12.1 Å². The third-order valence-corrected chi connectivity index (χ3v) is 5.25. The van der Waals surface area contributed by atoms with E-state index in [4.69, 9.17) is 23.1 Å². The number of likely N-dealkylation sites (tertiary alicyclic amines) is 1. The lowest BCUT2D eigenvalue weighted by molar-refractivity contribution is -0.0279. The lowest BCUT2D eigenvalue weighted by Crippen LogP contribution is -2.42. The molecule has 0 radical (unpaired) electrons. The van der Waals surface area contributed by atoms with Crippen LogP contribution in [-0.4, -0.2) is 34.0 Å². The van der Waals surface area contributed by atoms with E-state index >= 15 is 0 Å². The molecule has 0 bridgehead atoms. The van der Waals surface area contributed by atoms with Gasteiger partial charge in [0.1, 0.15) is 0 Å². The van der Waals surface area contributed by atoms with Crippen LogP contribution in [0, 0.1) is 0 Å². The predicted molar refractivity (Wildman–Crippen MR) is 97.4 cm³/mol. The van der Waals surface area contributed by atoms with Gasteiger partial charge < -0.3 is 16.6 Å². The number of nitrogens with two attached hydrogens (primary N) is 2. The highest BCUT2D eigenvalue weighted by Crippen LogP contribution is 2.34. The van der Waals surface area contributed by atoms with Gasteiger partial charge in [0, 0.05) is 30.0 Å². The third-order valence-electron chi connectivity index (χ3n) is 4.21. The molecule has 2 heterocycles. The number of thiazole rings is 1. The fourth-order valence-electron chi connectivity index (χ4n) is 2.89. The van der Waals surface area contributed by atoms with Crippen molar-refractivity contribution >= 4 is 34.0 Å². The molecule has 128 valence electrons. The maximum absolute atomic E-state index is 10.9. The number of aliphatic hydroxyl groups is 1. The number of piperidine rings is 1. The monoisotopic (exact) mass is 365 g/mol. The Morgan fingerprint density at radius 1 is 1.29 bits per heavy atom. The van der Waals surface area contributed by atoms with E-state index in [1.165, 1.54) is 11.3 Å². The Bertz CT molecular complexity index is 718. The number of rotatable bonds is 4. The van der Waals surface area contributed by atoms with E-state index in [1.807, 2.05) is 29.6 Å². The van der Waals surface area contributed by atoms with Crippen LogP contribution < -0.4 is 11.5 Å². The van der Waals surface area contributed by atoms with E-state index in [2.05, 4.69) is 14.9 Å². The van der Waals surface area contributed by atoms with E-state index in [0.29, 0.717) is 23.0 Å². The second-order valence-corrected chi connectivity index (χ2v) is 7.25. The first-order chi connectivity index (χ1) is 11.4. The number of hydrogen-bond donors (Lipinski definition) is 3. The van der Waals surface area contributed by atoms with Gasteiger partial charge in [-0.05, 0) is 30.5 Å². The quantitative estimate of drug-likeness (QED) is 0.569. The van der Waals surface area contributed by atoms with Crippen LogP contribution in [0.2, 0.25) is 5.02 Å². The summed E-state index contributed by atoms with van der Waals surface area (Å²) in [7, 11) is 0. The molecule has 1 aromatic carbocycles. The molecule has 1 fully saturated rings. The van der Waals surface area contributed by atoms with Crippen molar-refractivity contribution < 1.29 is 5.11 Å². The van der Waals surface area contributed by atoms with E-state index in [9.17, 15) is 5.11 Å². The number of hydrogen-bond acceptors (Lipinski definition) is 5. The second kappa shape index (κ2) is 7.06. The molecule has 1 aromatic heterocycles. The van der Waals surface area contributed by atoms with Gasteiger partial charge in [-0.15, -0.1) is 11.3 Å². The molecule has 2 aromatic rings. The van der Waals surface area contributed by atoms with Crippen LogP contribution in [0.25, 0.3) is 0 Å². The van der Waals surface area contributed by atoms with Gasteiger partial charge in [-0.25, -0.2) is 4.98 Å². The summed E-state index contributed by atoms with van der Waals surface area (Å²) in [6, 6.07) is 7.45. The maximum Gasteiger partial charge on any atom is 0.212 e. The Morgan fingerprint density at radius 3 is 2.58 bits per heavy atom. The number of benzene rings is 1. The lowest BCUT2D eigenvalue weighted by Gasteiger charge is -2.38. The zero-order valence-corrected chi connectivity index (χ0v) is 14.7. The molecule has 1 aliphatic heterocycles. The summed E-state index contributed by atoms with van der Waals surface area (Å²) in [6.07, 6.45) is 1.36. The van der Waals surface area contributed by atoms with Crippen molar-refractivity contribution in [1.82, 2.24) is 9.88 Å². The van der Waals surface area contributed by atoms with Crippen molar-refractivity contribution in [3.05, 3.63) is 45.9 Å². The van der Waals surface area contributed by atoms with Gasteiger partial charge in [0.25, 0.3) is 0 Å². The highest BCUT2D eigenvalue weighted by molar-refractivity contribution is 7.13. The molecule has 0 saturated carbocycles. The molecule has 0 atom stereocenters. The van der Waals surface area contributed by atoms with Gasteiger partial charge >= 0.3 is 0 Å². The first-order valence-corrected chi connectivity index (χ1v) is 8.95. The van der Waals surface area contributed by atoms with Crippen LogP contribution in [0.3, 0.4) is 0 Å². The van der Waals surface area contributed by atoms with Crippen LogP contribution in [0.5, 0.6) is 0 Å². The standard InChI is InChI=1S/C16H20ClN5OS/c17-12-3-1-11(2-4-12)16(23)5-7-22(8-6-16)9-13-10-24-15(20-13)21-14(18)19/h1-4,10,23H,5-9H2,(H4,18,19,20,21). The Labute approximate surface area is 149 Å². The molecule has 8 heteroatoms. The third kappa shape index (κ3) is 4.05. The van der Waals surface area contributed by atoms with Crippen LogP contribution in [0.4, 0.5) is 5.13 Å². The summed E-state index contributed by atoms with van der Waals surface area (Å²) in [5.74, 6) is 0.0156. The first kappa shape index (κ1) is 17.2. The minimum Gasteiger partial charge on any atom is -0.385 e. The molecule has 1 aliphatic rings. The fraction of sp³-hybridized carbons (Fsp3) is 0.375. The van der Waals surface area contributed by atoms with E-state index in [-0.39, 0.29) is 5.96 Å². The fourth-order valence-corrected chi connectivity index (χ4v) is 3.71. The molecular formula is C16H20ClN5OS. The average molecular weight is 366 g/mol. The summed E-state index contributed by atoms with van der Waals surface area (Å²) < 4.78 is 0. The van der Waals surface area contributed by atoms with Crippen LogP contribution in [0.15, 0.2) is 34.6 Å². The maximum atomic E-state index is 10.9. The van der Waals surface area contributed by atoms with Crippen molar-refractivity contribution in [3.63, 3.8) is 0 Å². The smallest absolute Gasteiger partial charge is 0.212 e. The van der Waals surface area contributed by atoms with Crippen LogP contribution in [0.1, 0.15) is 24.1 Å². The zero-order valence-electron chi connectivity index (χ0n) is 13.2. The van der Waals surface area contributed by atoms with Crippen LogP contribution >= 0.6 is 22.9 Å². The highest BCUT2D eigenvalue weighted by atomic mass is 35.5. The molecule has 24 heavy (non-hydrogen) atoms. The van der Waals surface area contributed by atoms with Gasteiger partial charge in [-0.3, -0.25) is 4.90 Å². The van der Waals surface area contributed by atoms with E-state index in [0.717, 1.165) is 30.9 Å². The highest BCUT2D eigenvalue weighted by Gasteiger charge is 2.33. The van der Waals surface area contributed by atoms with Crippen molar-refractivity contribution in [2.45, 2.75) is 25.0 Å². The van der Waals surface area contributed by atoms with E-state index in [1.54, 1.807) is 0 Å². The SMILES string of the molecule is NC(N)=Nc1nc(CN2CCC(O)(c3ccc(Cl)cc3)CC2)cs1. The molecule has 6 nitrogen and oxygen atoms in total. The largest absolute Gasteiger partial charge is 0.385 e. The average Bonchev–Trinajstić information content (AvgIpc) is 2.96. The lowest BCUT2D eigenvalue weighted by atomic mass is 9.84. The van der Waals surface area contributed by atoms with Crippen molar-refractivity contribution in [2.24, 2.45) is 16.5 Å². The van der Waals surface area contributed by atoms with Gasteiger partial charge in [0.2, 0.25) is 5.13 Å². The molecule has 0 amide bonds. The number of aromatic nitrogens is 1. The minimum absolute atomic E-state index is 0.0156. The van der Waals surface area contributed by atoms with Gasteiger partial charge in [-0.2, -0.15) is 4.99 Å². The number of halogens is 1. The Balaban J connectivity index is 1.59. The van der Waals surface area contributed by atoms with Gasteiger partial charge in [-0.1, -0.05) is 23.7 Å². The molecule has 0 aliphatic carbocycles. The summed E-state index contributed by atoms with van der Waals surface area (Å²) in [6.45, 7) is 2.33. The van der Waals surface area contributed by atoms with Crippen molar-refractivity contribution in [3.8, 4) is 0 Å². The molecule has 0 unspecified atom stereocenters. The van der Waals surface area contributed by atoms with Gasteiger partial charge in [0.15, 0.2) is 5.96 Å². The normalized spacial score (nSPS) is 17.6. The van der Waals surface area contributed by atoms with Gasteiger partial charge in [0.05, 0.1) is 11.3 Å². The van der Waals surface area contributed by atoms with Crippen molar-refractivity contribution in [1.29, 1.82) is 0 Å². The van der Waals surface area contributed by atoms with Crippen molar-refractivity contribution in [2.75, 3.05) is 13.1 Å².